The molecule has 2 aromatic rings. The van der Waals surface area contributed by atoms with Crippen molar-refractivity contribution in [3.63, 3.8) is 0 Å². The van der Waals surface area contributed by atoms with E-state index in [0.29, 0.717) is 28.1 Å². The molecular formula is C10H9ClN2O2. The molecule has 0 saturated heterocycles. The van der Waals surface area contributed by atoms with Crippen LogP contribution in [0.25, 0.3) is 11.5 Å². The second-order valence-corrected chi connectivity index (χ2v) is 3.40. The van der Waals surface area contributed by atoms with E-state index in [1.54, 1.807) is 32.2 Å². The molecule has 0 unspecified atom stereocenters. The van der Waals surface area contributed by atoms with Crippen LogP contribution in [0.1, 0.15) is 5.82 Å². The van der Waals surface area contributed by atoms with Crippen molar-refractivity contribution in [3.05, 3.63) is 29.0 Å². The highest BCUT2D eigenvalue weighted by molar-refractivity contribution is 6.33. The number of aryl methyl sites for hydroxylation is 1. The second-order valence-electron chi connectivity index (χ2n) is 2.99. The molecule has 0 bridgehead atoms. The van der Waals surface area contributed by atoms with Crippen LogP contribution in [-0.4, -0.2) is 17.3 Å². The molecule has 15 heavy (non-hydrogen) atoms. The molecular weight excluding hydrogens is 216 g/mol. The molecule has 0 radical (unpaired) electrons. The summed E-state index contributed by atoms with van der Waals surface area (Å²) in [6.07, 6.45) is 0. The highest BCUT2D eigenvalue weighted by Crippen LogP contribution is 2.30. The molecule has 0 spiro atoms. The lowest BCUT2D eigenvalue weighted by atomic mass is 10.2. The van der Waals surface area contributed by atoms with Crippen LogP contribution < -0.4 is 4.74 Å². The van der Waals surface area contributed by atoms with Crippen LogP contribution in [-0.2, 0) is 0 Å². The Labute approximate surface area is 91.8 Å². The summed E-state index contributed by atoms with van der Waals surface area (Å²) >= 11 is 6.01. The molecule has 1 heterocycles. The second kappa shape index (κ2) is 3.90. The number of rotatable bonds is 2. The molecule has 0 N–H and O–H groups in total. The minimum absolute atomic E-state index is 0.399. The van der Waals surface area contributed by atoms with Gasteiger partial charge in [-0.1, -0.05) is 16.8 Å². The Morgan fingerprint density at radius 1 is 1.40 bits per heavy atom. The molecule has 4 nitrogen and oxygen atoms in total. The Bertz CT molecular complexity index is 482. The van der Waals surface area contributed by atoms with E-state index >= 15 is 0 Å². The van der Waals surface area contributed by atoms with Crippen LogP contribution >= 0.6 is 11.6 Å². The number of hydrogen-bond acceptors (Lipinski definition) is 4. The predicted octanol–water partition coefficient (Wildman–Crippen LogP) is 2.71. The molecule has 0 fully saturated rings. The van der Waals surface area contributed by atoms with Crippen molar-refractivity contribution < 1.29 is 9.26 Å². The Morgan fingerprint density at radius 3 is 2.80 bits per heavy atom. The van der Waals surface area contributed by atoms with Crippen LogP contribution in [0.2, 0.25) is 5.02 Å². The third kappa shape index (κ3) is 1.94. The van der Waals surface area contributed by atoms with Gasteiger partial charge in [0.1, 0.15) is 5.75 Å². The van der Waals surface area contributed by atoms with Gasteiger partial charge >= 0.3 is 0 Å². The van der Waals surface area contributed by atoms with Crippen LogP contribution in [0.3, 0.4) is 0 Å². The van der Waals surface area contributed by atoms with E-state index in [-0.39, 0.29) is 0 Å². The average Bonchev–Trinajstić information content (AvgIpc) is 2.65. The Balaban J connectivity index is 2.51. The number of hydrogen-bond donors (Lipinski definition) is 0. The number of ether oxygens (including phenoxy) is 1. The minimum Gasteiger partial charge on any atom is -0.497 e. The molecule has 0 aliphatic carbocycles. The Hall–Kier alpha value is -1.55. The topological polar surface area (TPSA) is 48.2 Å². The Kier molecular flexibility index (Phi) is 2.60. The maximum absolute atomic E-state index is 6.01. The number of benzene rings is 1. The van der Waals surface area contributed by atoms with Gasteiger partial charge in [-0.15, -0.1) is 0 Å². The lowest BCUT2D eigenvalue weighted by Gasteiger charge is -2.02. The van der Waals surface area contributed by atoms with E-state index in [2.05, 4.69) is 10.1 Å². The first-order chi connectivity index (χ1) is 7.20. The summed E-state index contributed by atoms with van der Waals surface area (Å²) in [6, 6.07) is 5.26. The average molecular weight is 225 g/mol. The van der Waals surface area contributed by atoms with E-state index in [4.69, 9.17) is 20.9 Å². The van der Waals surface area contributed by atoms with E-state index < -0.39 is 0 Å². The fraction of sp³-hybridized carbons (Fsp3) is 0.200. The quantitative estimate of drug-likeness (QED) is 0.787. The van der Waals surface area contributed by atoms with Crippen molar-refractivity contribution in [1.82, 2.24) is 10.1 Å². The first-order valence-electron chi connectivity index (χ1n) is 4.35. The van der Waals surface area contributed by atoms with E-state index in [1.807, 2.05) is 0 Å². The fourth-order valence-electron chi connectivity index (χ4n) is 1.20. The summed E-state index contributed by atoms with van der Waals surface area (Å²) in [5, 5.41) is 4.26. The van der Waals surface area contributed by atoms with Gasteiger partial charge < -0.3 is 9.26 Å². The van der Waals surface area contributed by atoms with Gasteiger partial charge in [0.2, 0.25) is 0 Å². The molecule has 1 aromatic heterocycles. The lowest BCUT2D eigenvalue weighted by molar-refractivity contribution is 0.412. The molecule has 1 aromatic carbocycles. The largest absolute Gasteiger partial charge is 0.497 e. The maximum atomic E-state index is 6.01. The molecule has 78 valence electrons. The molecule has 2 rings (SSSR count). The molecule has 0 atom stereocenters. The van der Waals surface area contributed by atoms with Gasteiger partial charge in [0, 0.05) is 0 Å². The summed E-state index contributed by atoms with van der Waals surface area (Å²) in [4.78, 5) is 4.10. The zero-order chi connectivity index (χ0) is 10.8. The smallest absolute Gasteiger partial charge is 0.259 e. The fourth-order valence-corrected chi connectivity index (χ4v) is 1.40. The summed E-state index contributed by atoms with van der Waals surface area (Å²) in [5.74, 6) is 1.67. The summed E-state index contributed by atoms with van der Waals surface area (Å²) in [7, 11) is 1.59. The van der Waals surface area contributed by atoms with E-state index in [9.17, 15) is 0 Å². The number of aromatic nitrogens is 2. The predicted molar refractivity (Wildman–Crippen MR) is 56.0 cm³/mol. The van der Waals surface area contributed by atoms with Gasteiger partial charge in [0.25, 0.3) is 5.89 Å². The van der Waals surface area contributed by atoms with Crippen LogP contribution in [0.4, 0.5) is 0 Å². The third-order valence-electron chi connectivity index (χ3n) is 1.93. The highest BCUT2D eigenvalue weighted by atomic mass is 35.5. The number of halogens is 1. The molecule has 0 aliphatic rings. The van der Waals surface area contributed by atoms with Crippen LogP contribution in [0.5, 0.6) is 5.75 Å². The van der Waals surface area contributed by atoms with Gasteiger partial charge in [0.05, 0.1) is 17.7 Å². The molecule has 0 saturated carbocycles. The first-order valence-corrected chi connectivity index (χ1v) is 4.72. The SMILES string of the molecule is COc1ccc(Cl)c(-c2nc(C)no2)c1. The normalized spacial score (nSPS) is 10.3. The highest BCUT2D eigenvalue weighted by Gasteiger charge is 2.11. The van der Waals surface area contributed by atoms with Crippen LogP contribution in [0.15, 0.2) is 22.7 Å². The molecule has 0 aliphatic heterocycles. The third-order valence-corrected chi connectivity index (χ3v) is 2.26. The summed E-state index contributed by atoms with van der Waals surface area (Å²) < 4.78 is 10.1. The van der Waals surface area contributed by atoms with E-state index in [1.165, 1.54) is 0 Å². The van der Waals surface area contributed by atoms with Gasteiger partial charge in [-0.3, -0.25) is 0 Å². The minimum atomic E-state index is 0.399. The Morgan fingerprint density at radius 2 is 2.20 bits per heavy atom. The molecule has 5 heteroatoms. The van der Waals surface area contributed by atoms with Crippen LogP contribution in [0, 0.1) is 6.92 Å². The zero-order valence-corrected chi connectivity index (χ0v) is 9.08. The van der Waals surface area contributed by atoms with Crippen molar-refractivity contribution >= 4 is 11.6 Å². The first kappa shape index (κ1) is 9.98. The standard InChI is InChI=1S/C10H9ClN2O2/c1-6-12-10(15-13-6)8-5-7(14-2)3-4-9(8)11/h3-5H,1-2H3. The van der Waals surface area contributed by atoms with Gasteiger partial charge in [-0.25, -0.2) is 0 Å². The van der Waals surface area contributed by atoms with Crippen molar-refractivity contribution in [2.24, 2.45) is 0 Å². The maximum Gasteiger partial charge on any atom is 0.259 e. The van der Waals surface area contributed by atoms with Crippen molar-refractivity contribution in [3.8, 4) is 17.2 Å². The number of methoxy groups -OCH3 is 1. The summed E-state index contributed by atoms with van der Waals surface area (Å²) in [5.41, 5.74) is 0.677. The van der Waals surface area contributed by atoms with Crippen molar-refractivity contribution in [1.29, 1.82) is 0 Å². The van der Waals surface area contributed by atoms with E-state index in [0.717, 1.165) is 0 Å². The zero-order valence-electron chi connectivity index (χ0n) is 8.32. The van der Waals surface area contributed by atoms with Gasteiger partial charge in [-0.2, -0.15) is 4.98 Å². The number of nitrogens with zero attached hydrogens (tertiary/aromatic N) is 2. The van der Waals surface area contributed by atoms with Crippen molar-refractivity contribution in [2.75, 3.05) is 7.11 Å². The molecule has 0 amide bonds. The van der Waals surface area contributed by atoms with Gasteiger partial charge in [0.15, 0.2) is 5.82 Å². The monoisotopic (exact) mass is 224 g/mol. The van der Waals surface area contributed by atoms with Gasteiger partial charge in [-0.05, 0) is 25.1 Å². The lowest BCUT2D eigenvalue weighted by Crippen LogP contribution is -1.85. The van der Waals surface area contributed by atoms with Crippen molar-refractivity contribution in [2.45, 2.75) is 6.92 Å². The summed E-state index contributed by atoms with van der Waals surface area (Å²) in [6.45, 7) is 1.75.